The van der Waals surface area contributed by atoms with Crippen LogP contribution in [0.3, 0.4) is 0 Å². The highest BCUT2D eigenvalue weighted by molar-refractivity contribution is 8.15. The minimum Gasteiger partial charge on any atom is -0.258 e. The third-order valence-corrected chi connectivity index (χ3v) is 8.79. The van der Waals surface area contributed by atoms with Crippen LogP contribution in [0.4, 0.5) is 17.1 Å². The van der Waals surface area contributed by atoms with E-state index in [0.717, 1.165) is 44.4 Å². The van der Waals surface area contributed by atoms with Crippen molar-refractivity contribution in [3.8, 4) is 0 Å². The predicted octanol–water partition coefficient (Wildman–Crippen LogP) is 8.25. The molecule has 2 aliphatic heterocycles. The van der Waals surface area contributed by atoms with Gasteiger partial charge in [0.25, 0.3) is 5.69 Å². The highest BCUT2D eigenvalue weighted by Gasteiger charge is 2.55. The van der Waals surface area contributed by atoms with Gasteiger partial charge in [0, 0.05) is 39.4 Å². The number of non-ortho nitro benzene ring substituents is 1. The van der Waals surface area contributed by atoms with Gasteiger partial charge in [-0.15, -0.1) is 0 Å². The van der Waals surface area contributed by atoms with Crippen LogP contribution in [0.1, 0.15) is 22.3 Å². The van der Waals surface area contributed by atoms with Crippen molar-refractivity contribution in [2.24, 2.45) is 10.2 Å². The van der Waals surface area contributed by atoms with E-state index in [-0.39, 0.29) is 5.69 Å². The molecule has 0 radical (unpaired) electrons. The van der Waals surface area contributed by atoms with E-state index >= 15 is 0 Å². The van der Waals surface area contributed by atoms with Crippen LogP contribution in [0.2, 0.25) is 5.02 Å². The number of hydrogen-bond acceptors (Lipinski definition) is 7. The molecule has 5 aromatic carbocycles. The Kier molecular flexibility index (Phi) is 6.49. The largest absolute Gasteiger partial charge is 0.269 e. The number of nitro benzene ring substituents is 1. The van der Waals surface area contributed by atoms with Crippen molar-refractivity contribution >= 4 is 51.2 Å². The maximum absolute atomic E-state index is 11.3. The van der Waals surface area contributed by atoms with E-state index in [1.165, 1.54) is 12.1 Å². The van der Waals surface area contributed by atoms with Gasteiger partial charge in [-0.25, -0.2) is 10.0 Å². The minimum atomic E-state index is -0.952. The van der Waals surface area contributed by atoms with Crippen molar-refractivity contribution in [3.05, 3.63) is 171 Å². The Morgan fingerprint density at radius 2 is 1.21 bits per heavy atom. The van der Waals surface area contributed by atoms with E-state index in [4.69, 9.17) is 21.8 Å². The van der Waals surface area contributed by atoms with Gasteiger partial charge in [0.15, 0.2) is 0 Å². The number of fused-ring (bicyclic) bond motifs is 2. The van der Waals surface area contributed by atoms with Crippen molar-refractivity contribution in [3.63, 3.8) is 0 Å². The van der Waals surface area contributed by atoms with Crippen LogP contribution in [0.5, 0.6) is 0 Å². The fourth-order valence-electron chi connectivity index (χ4n) is 5.24. The van der Waals surface area contributed by atoms with Crippen LogP contribution in [0.25, 0.3) is 0 Å². The Labute approximate surface area is 251 Å². The molecule has 9 heteroatoms. The van der Waals surface area contributed by atoms with Crippen molar-refractivity contribution < 1.29 is 4.92 Å². The van der Waals surface area contributed by atoms with Crippen LogP contribution in [0, 0.1) is 10.1 Å². The second-order valence-corrected chi connectivity index (χ2v) is 11.3. The summed E-state index contributed by atoms with van der Waals surface area (Å²) in [4.78, 5) is 10.0. The molecule has 0 N–H and O–H groups in total. The summed E-state index contributed by atoms with van der Waals surface area (Å²) in [7, 11) is 0. The molecule has 0 fully saturated rings. The summed E-state index contributed by atoms with van der Waals surface area (Å²) in [6.45, 7) is 0. The molecule has 2 aliphatic rings. The van der Waals surface area contributed by atoms with Crippen LogP contribution >= 0.6 is 23.4 Å². The van der Waals surface area contributed by atoms with Gasteiger partial charge in [-0.3, -0.25) is 10.1 Å². The second-order valence-electron chi connectivity index (χ2n) is 9.72. The van der Waals surface area contributed by atoms with E-state index in [2.05, 4.69) is 12.1 Å². The van der Waals surface area contributed by atoms with Gasteiger partial charge in [-0.2, -0.15) is 10.2 Å². The second kappa shape index (κ2) is 10.5. The van der Waals surface area contributed by atoms with Gasteiger partial charge >= 0.3 is 0 Å². The standard InChI is InChI=1S/C33H22ClN5O2S/c34-25-19-15-23(16-20-25)31-29-13-7-8-14-30(29)33(37(35-31)26-9-3-1-4-10-26)38(27-11-5-2-6-12-27)36-32(42-33)24-17-21-28(22-18-24)39(40)41/h1-22H. The summed E-state index contributed by atoms with van der Waals surface area (Å²) in [5, 5.41) is 27.3. The fourth-order valence-corrected chi connectivity index (χ4v) is 6.76. The quantitative estimate of drug-likeness (QED) is 0.153. The molecular formula is C33H22ClN5O2S. The SMILES string of the molecule is O=[N+]([O-])c1ccc(C2=NN(c3ccccc3)C3(S2)c2ccccc2C(c2ccc(Cl)cc2)=NN3c2ccccc2)cc1. The first-order chi connectivity index (χ1) is 20.5. The lowest BCUT2D eigenvalue weighted by atomic mass is 9.93. The summed E-state index contributed by atoms with van der Waals surface area (Å²) < 4.78 is 0. The van der Waals surface area contributed by atoms with Crippen LogP contribution in [0.15, 0.2) is 144 Å². The summed E-state index contributed by atoms with van der Waals surface area (Å²) in [6.07, 6.45) is 0. The Balaban J connectivity index is 1.48. The number of nitrogens with zero attached hydrogens (tertiary/aromatic N) is 5. The van der Waals surface area contributed by atoms with Crippen LogP contribution < -0.4 is 10.0 Å². The predicted molar refractivity (Wildman–Crippen MR) is 170 cm³/mol. The Hall–Kier alpha value is -4.92. The molecule has 2 heterocycles. The average molecular weight is 588 g/mol. The molecule has 5 aromatic rings. The number of hydrogen-bond donors (Lipinski definition) is 0. The fraction of sp³-hybridized carbons (Fsp3) is 0.0303. The van der Waals surface area contributed by atoms with Gasteiger partial charge in [0.1, 0.15) is 5.04 Å². The first-order valence-electron chi connectivity index (χ1n) is 13.2. The Morgan fingerprint density at radius 1 is 0.667 bits per heavy atom. The molecule has 0 bridgehead atoms. The first-order valence-corrected chi connectivity index (χ1v) is 14.4. The zero-order chi connectivity index (χ0) is 28.7. The number of halogens is 1. The van der Waals surface area contributed by atoms with E-state index in [9.17, 15) is 10.1 Å². The van der Waals surface area contributed by atoms with Crippen LogP contribution in [-0.4, -0.2) is 15.7 Å². The third kappa shape index (κ3) is 4.32. The first kappa shape index (κ1) is 26.0. The van der Waals surface area contributed by atoms with Gasteiger partial charge < -0.3 is 0 Å². The molecule has 42 heavy (non-hydrogen) atoms. The molecule has 1 atom stereocenters. The smallest absolute Gasteiger partial charge is 0.258 e. The van der Waals surface area contributed by atoms with E-state index < -0.39 is 9.92 Å². The molecular weight excluding hydrogens is 566 g/mol. The molecule has 7 nitrogen and oxygen atoms in total. The normalized spacial score (nSPS) is 17.5. The van der Waals surface area contributed by atoms with Crippen molar-refractivity contribution in [2.45, 2.75) is 4.99 Å². The van der Waals surface area contributed by atoms with E-state index in [1.807, 2.05) is 107 Å². The number of hydrazone groups is 2. The molecule has 1 unspecified atom stereocenters. The molecule has 0 amide bonds. The van der Waals surface area contributed by atoms with Crippen LogP contribution in [-0.2, 0) is 4.99 Å². The van der Waals surface area contributed by atoms with Crippen molar-refractivity contribution in [2.75, 3.05) is 10.0 Å². The monoisotopic (exact) mass is 587 g/mol. The lowest BCUT2D eigenvalue weighted by molar-refractivity contribution is -0.384. The van der Waals surface area contributed by atoms with E-state index in [0.29, 0.717) is 5.02 Å². The maximum atomic E-state index is 11.3. The summed E-state index contributed by atoms with van der Waals surface area (Å²) in [5.74, 6) is 0. The molecule has 0 saturated carbocycles. The molecule has 0 aliphatic carbocycles. The number of rotatable bonds is 5. The molecule has 204 valence electrons. The number of anilines is 2. The van der Waals surface area contributed by atoms with Gasteiger partial charge in [-0.05, 0) is 60.3 Å². The lowest BCUT2D eigenvalue weighted by Gasteiger charge is -2.47. The maximum Gasteiger partial charge on any atom is 0.269 e. The van der Waals surface area contributed by atoms with Crippen molar-refractivity contribution in [1.82, 2.24) is 0 Å². The molecule has 1 spiro atoms. The summed E-state index contributed by atoms with van der Waals surface area (Å²) in [5.41, 5.74) is 6.30. The Morgan fingerprint density at radius 3 is 1.83 bits per heavy atom. The Bertz CT molecular complexity index is 1850. The van der Waals surface area contributed by atoms with Gasteiger partial charge in [0.05, 0.1) is 22.0 Å². The topological polar surface area (TPSA) is 74.3 Å². The number of thioether (sulfide) groups is 1. The van der Waals surface area contributed by atoms with Gasteiger partial charge in [-0.1, -0.05) is 84.4 Å². The molecule has 0 saturated heterocycles. The zero-order valence-electron chi connectivity index (χ0n) is 22.0. The average Bonchev–Trinajstić information content (AvgIpc) is 3.44. The summed E-state index contributed by atoms with van der Waals surface area (Å²) >= 11 is 7.80. The molecule has 0 aromatic heterocycles. The number of para-hydroxylation sites is 2. The summed E-state index contributed by atoms with van der Waals surface area (Å²) in [6, 6.07) is 42.5. The highest BCUT2D eigenvalue weighted by atomic mass is 35.5. The third-order valence-electron chi connectivity index (χ3n) is 7.18. The molecule has 7 rings (SSSR count). The van der Waals surface area contributed by atoms with Gasteiger partial charge in [0.2, 0.25) is 4.99 Å². The number of nitro groups is 1. The lowest BCUT2D eigenvalue weighted by Crippen LogP contribution is -2.54. The van der Waals surface area contributed by atoms with Crippen molar-refractivity contribution in [1.29, 1.82) is 0 Å². The number of benzene rings is 5. The zero-order valence-corrected chi connectivity index (χ0v) is 23.6. The van der Waals surface area contributed by atoms with E-state index in [1.54, 1.807) is 23.9 Å². The minimum absolute atomic E-state index is 0.0307. The highest BCUT2D eigenvalue weighted by Crippen LogP contribution is 2.55.